The number of rotatable bonds is 1. The van der Waals surface area contributed by atoms with Crippen molar-refractivity contribution in [3.63, 3.8) is 0 Å². The summed E-state index contributed by atoms with van der Waals surface area (Å²) in [6.07, 6.45) is 0. The first-order chi connectivity index (χ1) is 8.17. The molecule has 3 amide bonds. The maximum absolute atomic E-state index is 11.7. The molecule has 0 saturated heterocycles. The Hall–Kier alpha value is -1.57. The molecule has 2 rings (SSSR count). The molecule has 17 heavy (non-hydrogen) atoms. The standard InChI is InChI=1S/C10H12N4O2S/c11-4-6-1-2-8-7(3-6)14(10(16)13-12)9(15)5-17-8/h1-3H,4-5,11-12H2,(H,13,16). The van der Waals surface area contributed by atoms with Crippen molar-refractivity contribution in [1.82, 2.24) is 5.43 Å². The third-order valence-corrected chi connectivity index (χ3v) is 3.47. The van der Waals surface area contributed by atoms with E-state index in [0.29, 0.717) is 12.2 Å². The predicted octanol–water partition coefficient (Wildman–Crippen LogP) is 0.167. The first kappa shape index (κ1) is 11.9. The van der Waals surface area contributed by atoms with Gasteiger partial charge in [0.05, 0.1) is 11.4 Å². The Kier molecular flexibility index (Phi) is 3.32. The SMILES string of the molecule is NCc1ccc2c(c1)N(C(=O)NN)C(=O)CS2. The zero-order chi connectivity index (χ0) is 12.4. The summed E-state index contributed by atoms with van der Waals surface area (Å²) in [5.74, 6) is 5.00. The van der Waals surface area contributed by atoms with Gasteiger partial charge in [0, 0.05) is 11.4 Å². The van der Waals surface area contributed by atoms with Crippen LogP contribution in [0.15, 0.2) is 23.1 Å². The van der Waals surface area contributed by atoms with Crippen molar-refractivity contribution in [1.29, 1.82) is 0 Å². The van der Waals surface area contributed by atoms with Gasteiger partial charge in [-0.1, -0.05) is 6.07 Å². The van der Waals surface area contributed by atoms with Gasteiger partial charge in [-0.15, -0.1) is 11.8 Å². The maximum atomic E-state index is 11.7. The zero-order valence-corrected chi connectivity index (χ0v) is 9.79. The van der Waals surface area contributed by atoms with E-state index in [9.17, 15) is 9.59 Å². The molecule has 0 bridgehead atoms. The van der Waals surface area contributed by atoms with Crippen LogP contribution >= 0.6 is 11.8 Å². The smallest absolute Gasteiger partial charge is 0.326 e. The van der Waals surface area contributed by atoms with E-state index in [1.807, 2.05) is 17.6 Å². The molecule has 1 heterocycles. The number of hydrogen-bond acceptors (Lipinski definition) is 5. The summed E-state index contributed by atoms with van der Waals surface area (Å²) in [6, 6.07) is 4.82. The van der Waals surface area contributed by atoms with Gasteiger partial charge in [-0.3, -0.25) is 10.2 Å². The third-order valence-electron chi connectivity index (χ3n) is 2.43. The number of carbonyl (C=O) groups excluding carboxylic acids is 2. The van der Waals surface area contributed by atoms with Crippen LogP contribution in [0.25, 0.3) is 0 Å². The quantitative estimate of drug-likeness (QED) is 0.375. The monoisotopic (exact) mass is 252 g/mol. The van der Waals surface area contributed by atoms with Crippen molar-refractivity contribution in [3.05, 3.63) is 23.8 Å². The average Bonchev–Trinajstić information content (AvgIpc) is 2.37. The summed E-state index contributed by atoms with van der Waals surface area (Å²) >= 11 is 1.39. The highest BCUT2D eigenvalue weighted by molar-refractivity contribution is 8.00. The second-order valence-electron chi connectivity index (χ2n) is 3.47. The van der Waals surface area contributed by atoms with Gasteiger partial charge in [0.1, 0.15) is 0 Å². The van der Waals surface area contributed by atoms with Crippen LogP contribution in [-0.2, 0) is 11.3 Å². The number of imide groups is 1. The fraction of sp³-hybridized carbons (Fsp3) is 0.200. The molecule has 1 aliphatic heterocycles. The molecule has 1 aliphatic rings. The number of anilines is 1. The fourth-order valence-corrected chi connectivity index (χ4v) is 2.48. The number of fused-ring (bicyclic) bond motifs is 1. The Morgan fingerprint density at radius 1 is 1.53 bits per heavy atom. The molecule has 0 unspecified atom stereocenters. The van der Waals surface area contributed by atoms with Gasteiger partial charge in [-0.2, -0.15) is 0 Å². The number of thioether (sulfide) groups is 1. The Morgan fingerprint density at radius 3 is 2.94 bits per heavy atom. The van der Waals surface area contributed by atoms with Crippen molar-refractivity contribution in [3.8, 4) is 0 Å². The lowest BCUT2D eigenvalue weighted by atomic mass is 10.2. The molecular weight excluding hydrogens is 240 g/mol. The minimum atomic E-state index is -0.634. The molecule has 0 aromatic heterocycles. The lowest BCUT2D eigenvalue weighted by Gasteiger charge is -2.27. The van der Waals surface area contributed by atoms with Crippen LogP contribution in [-0.4, -0.2) is 17.7 Å². The highest BCUT2D eigenvalue weighted by Gasteiger charge is 2.29. The summed E-state index contributed by atoms with van der Waals surface area (Å²) in [6.45, 7) is 0.351. The van der Waals surface area contributed by atoms with Gasteiger partial charge in [0.15, 0.2) is 0 Å². The minimum absolute atomic E-state index is 0.225. The molecule has 0 radical (unpaired) electrons. The lowest BCUT2D eigenvalue weighted by Crippen LogP contribution is -2.49. The van der Waals surface area contributed by atoms with Gasteiger partial charge in [0.25, 0.3) is 0 Å². The van der Waals surface area contributed by atoms with Crippen LogP contribution in [0.2, 0.25) is 0 Å². The first-order valence-corrected chi connectivity index (χ1v) is 5.95. The Bertz CT molecular complexity index is 477. The normalized spacial score (nSPS) is 14.5. The van der Waals surface area contributed by atoms with Gasteiger partial charge in [-0.25, -0.2) is 15.5 Å². The van der Waals surface area contributed by atoms with E-state index in [2.05, 4.69) is 0 Å². The molecule has 1 aromatic rings. The van der Waals surface area contributed by atoms with Crippen LogP contribution in [0.4, 0.5) is 10.5 Å². The van der Waals surface area contributed by atoms with Gasteiger partial charge < -0.3 is 5.73 Å². The first-order valence-electron chi connectivity index (χ1n) is 4.96. The van der Waals surface area contributed by atoms with Crippen molar-refractivity contribution in [2.75, 3.05) is 10.7 Å². The van der Waals surface area contributed by atoms with Crippen LogP contribution < -0.4 is 21.9 Å². The van der Waals surface area contributed by atoms with E-state index in [0.717, 1.165) is 15.4 Å². The largest absolute Gasteiger partial charge is 0.342 e. The predicted molar refractivity (Wildman–Crippen MR) is 65.3 cm³/mol. The topological polar surface area (TPSA) is 101 Å². The van der Waals surface area contributed by atoms with Gasteiger partial charge >= 0.3 is 6.03 Å². The number of amides is 3. The van der Waals surface area contributed by atoms with Crippen molar-refractivity contribution >= 4 is 29.4 Å². The minimum Gasteiger partial charge on any atom is -0.326 e. The van der Waals surface area contributed by atoms with Crippen molar-refractivity contribution < 1.29 is 9.59 Å². The van der Waals surface area contributed by atoms with Crippen LogP contribution in [0.3, 0.4) is 0 Å². The molecule has 0 fully saturated rings. The molecule has 1 aromatic carbocycles. The number of hydrogen-bond donors (Lipinski definition) is 3. The van der Waals surface area contributed by atoms with Crippen LogP contribution in [0.5, 0.6) is 0 Å². The van der Waals surface area contributed by atoms with E-state index in [-0.39, 0.29) is 11.7 Å². The molecule has 6 nitrogen and oxygen atoms in total. The number of hydrazine groups is 1. The number of nitrogens with zero attached hydrogens (tertiary/aromatic N) is 1. The van der Waals surface area contributed by atoms with E-state index in [4.69, 9.17) is 11.6 Å². The van der Waals surface area contributed by atoms with Crippen LogP contribution in [0, 0.1) is 0 Å². The third kappa shape index (κ3) is 2.12. The average molecular weight is 252 g/mol. The molecule has 90 valence electrons. The second kappa shape index (κ2) is 4.74. The maximum Gasteiger partial charge on any atom is 0.342 e. The number of urea groups is 1. The highest BCUT2D eigenvalue weighted by Crippen LogP contribution is 2.35. The summed E-state index contributed by atoms with van der Waals surface area (Å²) < 4.78 is 0. The molecule has 0 saturated carbocycles. The van der Waals surface area contributed by atoms with E-state index >= 15 is 0 Å². The lowest BCUT2D eigenvalue weighted by molar-refractivity contribution is -0.115. The fourth-order valence-electron chi connectivity index (χ4n) is 1.61. The Labute approximate surface area is 102 Å². The molecule has 7 heteroatoms. The summed E-state index contributed by atoms with van der Waals surface area (Å²) in [5, 5.41) is 0. The zero-order valence-electron chi connectivity index (χ0n) is 8.97. The van der Waals surface area contributed by atoms with Crippen molar-refractivity contribution in [2.24, 2.45) is 11.6 Å². The van der Waals surface area contributed by atoms with Gasteiger partial charge in [0.2, 0.25) is 5.91 Å². The number of nitrogens with one attached hydrogen (secondary N) is 1. The molecule has 5 N–H and O–H groups in total. The van der Waals surface area contributed by atoms with Gasteiger partial charge in [-0.05, 0) is 17.7 Å². The molecular formula is C10H12N4O2S. The molecule has 0 spiro atoms. The number of carbonyl (C=O) groups is 2. The van der Waals surface area contributed by atoms with E-state index in [1.54, 1.807) is 6.07 Å². The molecule has 0 atom stereocenters. The summed E-state index contributed by atoms with van der Waals surface area (Å²) in [5.41, 5.74) is 8.90. The summed E-state index contributed by atoms with van der Waals surface area (Å²) in [4.78, 5) is 25.2. The van der Waals surface area contributed by atoms with E-state index < -0.39 is 6.03 Å². The second-order valence-corrected chi connectivity index (χ2v) is 4.49. The molecule has 0 aliphatic carbocycles. The highest BCUT2D eigenvalue weighted by atomic mass is 32.2. The Balaban J connectivity index is 2.48. The number of benzene rings is 1. The Morgan fingerprint density at radius 2 is 2.29 bits per heavy atom. The van der Waals surface area contributed by atoms with E-state index in [1.165, 1.54) is 11.8 Å². The van der Waals surface area contributed by atoms with Crippen molar-refractivity contribution in [2.45, 2.75) is 11.4 Å². The number of nitrogens with two attached hydrogens (primary N) is 2. The summed E-state index contributed by atoms with van der Waals surface area (Å²) in [7, 11) is 0. The van der Waals surface area contributed by atoms with Crippen LogP contribution in [0.1, 0.15) is 5.56 Å².